The van der Waals surface area contributed by atoms with Crippen LogP contribution in [0.4, 0.5) is 10.5 Å². The Hall–Kier alpha value is -1.56. The van der Waals surface area contributed by atoms with Crippen LogP contribution in [0, 0.1) is 0 Å². The van der Waals surface area contributed by atoms with Gasteiger partial charge < -0.3 is 15.5 Å². The highest BCUT2D eigenvalue weighted by Crippen LogP contribution is 2.13. The van der Waals surface area contributed by atoms with E-state index in [1.165, 1.54) is 0 Å². The molecule has 0 unspecified atom stereocenters. The molecule has 0 aliphatic carbocycles. The highest BCUT2D eigenvalue weighted by atomic mass is 79.9. The van der Waals surface area contributed by atoms with Crippen LogP contribution in [0.3, 0.4) is 0 Å². The Labute approximate surface area is 114 Å². The SMILES string of the molecule is O=C(NCC(=O)N1CCC1)Nc1ccc(Br)cc1. The van der Waals surface area contributed by atoms with E-state index in [9.17, 15) is 9.59 Å². The molecule has 6 heteroatoms. The van der Waals surface area contributed by atoms with Crippen molar-refractivity contribution >= 4 is 33.6 Å². The van der Waals surface area contributed by atoms with Crippen LogP contribution in [0.15, 0.2) is 28.7 Å². The lowest BCUT2D eigenvalue weighted by atomic mass is 10.2. The first-order valence-corrected chi connectivity index (χ1v) is 6.52. The number of carbonyl (C=O) groups excluding carboxylic acids is 2. The molecule has 0 atom stereocenters. The topological polar surface area (TPSA) is 61.4 Å². The van der Waals surface area contributed by atoms with Gasteiger partial charge in [-0.25, -0.2) is 4.79 Å². The van der Waals surface area contributed by atoms with Gasteiger partial charge in [-0.05, 0) is 30.7 Å². The molecule has 0 spiro atoms. The van der Waals surface area contributed by atoms with E-state index in [-0.39, 0.29) is 18.5 Å². The number of anilines is 1. The summed E-state index contributed by atoms with van der Waals surface area (Å²) in [7, 11) is 0. The summed E-state index contributed by atoms with van der Waals surface area (Å²) in [6.07, 6.45) is 1.05. The normalized spacial score (nSPS) is 13.7. The average molecular weight is 312 g/mol. The number of nitrogens with one attached hydrogen (secondary N) is 2. The average Bonchev–Trinajstić information content (AvgIpc) is 2.27. The minimum Gasteiger partial charge on any atom is -0.341 e. The van der Waals surface area contributed by atoms with E-state index in [1.54, 1.807) is 17.0 Å². The molecule has 1 aromatic rings. The summed E-state index contributed by atoms with van der Waals surface area (Å²) in [5, 5.41) is 5.20. The van der Waals surface area contributed by atoms with Crippen molar-refractivity contribution in [2.24, 2.45) is 0 Å². The molecule has 2 rings (SSSR count). The molecule has 5 nitrogen and oxygen atoms in total. The maximum Gasteiger partial charge on any atom is 0.319 e. The van der Waals surface area contributed by atoms with Gasteiger partial charge in [0, 0.05) is 23.2 Å². The van der Waals surface area contributed by atoms with E-state index in [1.807, 2.05) is 12.1 Å². The summed E-state index contributed by atoms with van der Waals surface area (Å²) >= 11 is 3.31. The van der Waals surface area contributed by atoms with Crippen molar-refractivity contribution in [3.63, 3.8) is 0 Å². The highest BCUT2D eigenvalue weighted by Gasteiger charge is 2.19. The van der Waals surface area contributed by atoms with Crippen LogP contribution in [0.2, 0.25) is 0 Å². The summed E-state index contributed by atoms with van der Waals surface area (Å²) in [6.45, 7) is 1.64. The number of benzene rings is 1. The van der Waals surface area contributed by atoms with E-state index < -0.39 is 0 Å². The Morgan fingerprint density at radius 2 is 1.89 bits per heavy atom. The Kier molecular flexibility index (Phi) is 4.19. The molecule has 0 saturated carbocycles. The van der Waals surface area contributed by atoms with Gasteiger partial charge in [0.2, 0.25) is 5.91 Å². The maximum atomic E-state index is 11.5. The standard InChI is InChI=1S/C12H14BrN3O2/c13-9-2-4-10(5-3-9)15-12(18)14-8-11(17)16-6-1-7-16/h2-5H,1,6-8H2,(H2,14,15,18). The number of carbonyl (C=O) groups is 2. The molecule has 18 heavy (non-hydrogen) atoms. The highest BCUT2D eigenvalue weighted by molar-refractivity contribution is 9.10. The van der Waals surface area contributed by atoms with Gasteiger partial charge in [-0.2, -0.15) is 0 Å². The molecule has 96 valence electrons. The molecule has 0 aromatic heterocycles. The zero-order valence-electron chi connectivity index (χ0n) is 9.78. The second kappa shape index (κ2) is 5.86. The molecule has 1 aromatic carbocycles. The van der Waals surface area contributed by atoms with Crippen molar-refractivity contribution in [2.45, 2.75) is 6.42 Å². The van der Waals surface area contributed by atoms with Gasteiger partial charge >= 0.3 is 6.03 Å². The molecule has 2 N–H and O–H groups in total. The molecule has 0 bridgehead atoms. The number of urea groups is 1. The van der Waals surface area contributed by atoms with Crippen LogP contribution < -0.4 is 10.6 Å². The van der Waals surface area contributed by atoms with Crippen molar-refractivity contribution in [3.05, 3.63) is 28.7 Å². The molecule has 1 fully saturated rings. The molecular weight excluding hydrogens is 298 g/mol. The maximum absolute atomic E-state index is 11.5. The predicted octanol–water partition coefficient (Wildman–Crippen LogP) is 1.80. The first kappa shape index (κ1) is 12.9. The fourth-order valence-electron chi connectivity index (χ4n) is 1.54. The Bertz CT molecular complexity index is 443. The first-order chi connectivity index (χ1) is 8.65. The van der Waals surface area contributed by atoms with E-state index in [4.69, 9.17) is 0 Å². The van der Waals surface area contributed by atoms with Crippen LogP contribution in [0.1, 0.15) is 6.42 Å². The van der Waals surface area contributed by atoms with Crippen LogP contribution in [-0.4, -0.2) is 36.5 Å². The monoisotopic (exact) mass is 311 g/mol. The van der Waals surface area contributed by atoms with Crippen LogP contribution in [0.25, 0.3) is 0 Å². The quantitative estimate of drug-likeness (QED) is 0.894. The summed E-state index contributed by atoms with van der Waals surface area (Å²) < 4.78 is 0.946. The first-order valence-electron chi connectivity index (χ1n) is 5.73. The fourth-order valence-corrected chi connectivity index (χ4v) is 1.81. The van der Waals surface area contributed by atoms with Gasteiger partial charge in [-0.3, -0.25) is 4.79 Å². The largest absolute Gasteiger partial charge is 0.341 e. The van der Waals surface area contributed by atoms with Gasteiger partial charge in [-0.1, -0.05) is 15.9 Å². The lowest BCUT2D eigenvalue weighted by molar-refractivity contribution is -0.133. The number of hydrogen-bond acceptors (Lipinski definition) is 2. The number of likely N-dealkylation sites (tertiary alicyclic amines) is 1. The third kappa shape index (κ3) is 3.46. The van der Waals surface area contributed by atoms with Crippen LogP contribution in [0.5, 0.6) is 0 Å². The second-order valence-electron chi connectivity index (χ2n) is 4.05. The second-order valence-corrected chi connectivity index (χ2v) is 4.96. The van der Waals surface area contributed by atoms with Gasteiger partial charge in [0.05, 0.1) is 6.54 Å². The predicted molar refractivity (Wildman–Crippen MR) is 72.4 cm³/mol. The van der Waals surface area contributed by atoms with Crippen molar-refractivity contribution in [1.29, 1.82) is 0 Å². The Morgan fingerprint density at radius 1 is 1.22 bits per heavy atom. The number of halogens is 1. The number of amides is 3. The van der Waals surface area contributed by atoms with Crippen LogP contribution in [-0.2, 0) is 4.79 Å². The van der Waals surface area contributed by atoms with Gasteiger partial charge in [0.25, 0.3) is 0 Å². The van der Waals surface area contributed by atoms with Crippen molar-refractivity contribution in [3.8, 4) is 0 Å². The zero-order valence-corrected chi connectivity index (χ0v) is 11.4. The van der Waals surface area contributed by atoms with E-state index in [0.717, 1.165) is 24.0 Å². The molecule has 1 aliphatic rings. The van der Waals surface area contributed by atoms with Crippen LogP contribution >= 0.6 is 15.9 Å². The summed E-state index contributed by atoms with van der Waals surface area (Å²) in [4.78, 5) is 24.8. The van der Waals surface area contributed by atoms with E-state index in [0.29, 0.717) is 5.69 Å². The number of hydrogen-bond donors (Lipinski definition) is 2. The third-order valence-corrected chi connectivity index (χ3v) is 3.24. The lowest BCUT2D eigenvalue weighted by Crippen LogP contribution is -2.47. The van der Waals surface area contributed by atoms with Crippen molar-refractivity contribution in [1.82, 2.24) is 10.2 Å². The van der Waals surface area contributed by atoms with E-state index >= 15 is 0 Å². The molecule has 1 aliphatic heterocycles. The van der Waals surface area contributed by atoms with E-state index in [2.05, 4.69) is 26.6 Å². The number of nitrogens with zero attached hydrogens (tertiary/aromatic N) is 1. The third-order valence-electron chi connectivity index (χ3n) is 2.71. The number of rotatable bonds is 3. The molecule has 1 saturated heterocycles. The Balaban J connectivity index is 1.74. The molecule has 3 amide bonds. The lowest BCUT2D eigenvalue weighted by Gasteiger charge is -2.30. The zero-order chi connectivity index (χ0) is 13.0. The molecule has 0 radical (unpaired) electrons. The molecule has 1 heterocycles. The summed E-state index contributed by atoms with van der Waals surface area (Å²) in [5.74, 6) is -0.0350. The smallest absolute Gasteiger partial charge is 0.319 e. The van der Waals surface area contributed by atoms with Crippen molar-refractivity contribution < 1.29 is 9.59 Å². The Morgan fingerprint density at radius 3 is 2.44 bits per heavy atom. The van der Waals surface area contributed by atoms with Gasteiger partial charge in [0.15, 0.2) is 0 Å². The minimum absolute atomic E-state index is 0.0350. The van der Waals surface area contributed by atoms with Gasteiger partial charge in [-0.15, -0.1) is 0 Å². The summed E-state index contributed by atoms with van der Waals surface area (Å²) in [6, 6.07) is 6.86. The minimum atomic E-state index is -0.369. The fraction of sp³-hybridized carbons (Fsp3) is 0.333. The summed E-state index contributed by atoms with van der Waals surface area (Å²) in [5.41, 5.74) is 0.687. The van der Waals surface area contributed by atoms with Gasteiger partial charge in [0.1, 0.15) is 0 Å². The van der Waals surface area contributed by atoms with Crippen molar-refractivity contribution in [2.75, 3.05) is 25.0 Å². The molecular formula is C12H14BrN3O2.